The summed E-state index contributed by atoms with van der Waals surface area (Å²) in [5.74, 6) is 0.763. The topological polar surface area (TPSA) is 49.6 Å². The van der Waals surface area contributed by atoms with Crippen molar-refractivity contribution in [1.29, 1.82) is 5.26 Å². The van der Waals surface area contributed by atoms with Gasteiger partial charge in [-0.15, -0.1) is 0 Å². The number of nitrogens with zero attached hydrogens (tertiary/aromatic N) is 3. The maximum Gasteiger partial charge on any atom is 0.115 e. The van der Waals surface area contributed by atoms with E-state index >= 15 is 0 Å². The molecule has 1 atom stereocenters. The lowest BCUT2D eigenvalue weighted by atomic mass is 9.98. The third-order valence-corrected chi connectivity index (χ3v) is 2.40. The summed E-state index contributed by atoms with van der Waals surface area (Å²) in [6.07, 6.45) is 8.52. The summed E-state index contributed by atoms with van der Waals surface area (Å²) < 4.78 is 0. The van der Waals surface area contributed by atoms with Gasteiger partial charge in [0.1, 0.15) is 6.33 Å². The minimum atomic E-state index is -0.00583. The van der Waals surface area contributed by atoms with Gasteiger partial charge in [0.25, 0.3) is 0 Å². The zero-order valence-corrected chi connectivity index (χ0v) is 7.35. The second-order valence-corrected chi connectivity index (χ2v) is 3.53. The van der Waals surface area contributed by atoms with E-state index in [2.05, 4.69) is 16.0 Å². The molecule has 13 heavy (non-hydrogen) atoms. The molecule has 1 aromatic rings. The molecule has 0 saturated heterocycles. The van der Waals surface area contributed by atoms with Crippen LogP contribution in [0.15, 0.2) is 18.7 Å². The first kappa shape index (κ1) is 8.18. The number of rotatable bonds is 3. The van der Waals surface area contributed by atoms with Gasteiger partial charge in [0.15, 0.2) is 0 Å². The Labute approximate surface area is 77.4 Å². The number of nitriles is 1. The monoisotopic (exact) mass is 173 g/mol. The molecule has 66 valence electrons. The van der Waals surface area contributed by atoms with Gasteiger partial charge in [-0.1, -0.05) is 12.8 Å². The number of hydrogen-bond acceptors (Lipinski definition) is 3. The zero-order chi connectivity index (χ0) is 9.10. The second-order valence-electron chi connectivity index (χ2n) is 3.53. The molecule has 1 heterocycles. The van der Waals surface area contributed by atoms with Gasteiger partial charge in [-0.2, -0.15) is 5.26 Å². The fourth-order valence-corrected chi connectivity index (χ4v) is 1.44. The highest BCUT2D eigenvalue weighted by Gasteiger charge is 2.26. The van der Waals surface area contributed by atoms with Gasteiger partial charge in [0.05, 0.1) is 12.0 Å². The summed E-state index contributed by atoms with van der Waals surface area (Å²) in [5.41, 5.74) is 0.955. The van der Waals surface area contributed by atoms with Crippen molar-refractivity contribution in [3.63, 3.8) is 0 Å². The molecular formula is C10H11N3. The van der Waals surface area contributed by atoms with Gasteiger partial charge in [-0.3, -0.25) is 0 Å². The molecule has 1 aliphatic carbocycles. The fourth-order valence-electron chi connectivity index (χ4n) is 1.44. The molecule has 3 heteroatoms. The standard InChI is InChI=1S/C10H11N3/c11-4-9(3-8-1-2-8)10-5-12-7-13-6-10/h5-9H,1-3H2/t9-/m0/s1. The van der Waals surface area contributed by atoms with Crippen LogP contribution < -0.4 is 0 Å². The van der Waals surface area contributed by atoms with Gasteiger partial charge < -0.3 is 0 Å². The molecule has 0 aliphatic heterocycles. The van der Waals surface area contributed by atoms with Crippen LogP contribution in [0.3, 0.4) is 0 Å². The first-order chi connectivity index (χ1) is 6.40. The van der Waals surface area contributed by atoms with E-state index in [1.807, 2.05) is 0 Å². The molecule has 0 N–H and O–H groups in total. The molecule has 0 bridgehead atoms. The second kappa shape index (κ2) is 3.53. The van der Waals surface area contributed by atoms with Crippen LogP contribution in [0, 0.1) is 17.2 Å². The highest BCUT2D eigenvalue weighted by molar-refractivity contribution is 5.18. The summed E-state index contributed by atoms with van der Waals surface area (Å²) in [4.78, 5) is 7.84. The normalized spacial score (nSPS) is 17.8. The fraction of sp³-hybridized carbons (Fsp3) is 0.500. The number of hydrogen-bond donors (Lipinski definition) is 0. The summed E-state index contributed by atoms with van der Waals surface area (Å²) in [6.45, 7) is 0. The van der Waals surface area contributed by atoms with Gasteiger partial charge in [0, 0.05) is 18.0 Å². The molecule has 3 nitrogen and oxygen atoms in total. The molecule has 0 unspecified atom stereocenters. The van der Waals surface area contributed by atoms with E-state index in [0.717, 1.165) is 17.9 Å². The molecule has 1 aliphatic rings. The van der Waals surface area contributed by atoms with Crippen LogP contribution in [0.5, 0.6) is 0 Å². The summed E-state index contributed by atoms with van der Waals surface area (Å²) in [6, 6.07) is 2.31. The highest BCUT2D eigenvalue weighted by atomic mass is 14.8. The minimum Gasteiger partial charge on any atom is -0.244 e. The lowest BCUT2D eigenvalue weighted by Crippen LogP contribution is -1.98. The maximum atomic E-state index is 8.95. The molecule has 0 amide bonds. The van der Waals surface area contributed by atoms with E-state index in [1.165, 1.54) is 19.2 Å². The lowest BCUT2D eigenvalue weighted by molar-refractivity contribution is 0.667. The Morgan fingerprint density at radius 3 is 2.69 bits per heavy atom. The Balaban J connectivity index is 2.08. The van der Waals surface area contributed by atoms with Crippen LogP contribution in [0.2, 0.25) is 0 Å². The molecule has 0 radical (unpaired) electrons. The van der Waals surface area contributed by atoms with E-state index in [-0.39, 0.29) is 5.92 Å². The molecular weight excluding hydrogens is 162 g/mol. The van der Waals surface area contributed by atoms with Crippen LogP contribution in [-0.4, -0.2) is 9.97 Å². The van der Waals surface area contributed by atoms with E-state index in [0.29, 0.717) is 0 Å². The predicted molar refractivity (Wildman–Crippen MR) is 47.7 cm³/mol. The minimum absolute atomic E-state index is 0.00583. The van der Waals surface area contributed by atoms with E-state index in [1.54, 1.807) is 12.4 Å². The van der Waals surface area contributed by atoms with Crippen molar-refractivity contribution in [1.82, 2.24) is 9.97 Å². The van der Waals surface area contributed by atoms with Crippen LogP contribution in [-0.2, 0) is 0 Å². The summed E-state index contributed by atoms with van der Waals surface area (Å²) in [7, 11) is 0. The molecule has 2 rings (SSSR count). The maximum absolute atomic E-state index is 8.95. The highest BCUT2D eigenvalue weighted by Crippen LogP contribution is 2.37. The average Bonchev–Trinajstić information content (AvgIpc) is 2.99. The Morgan fingerprint density at radius 1 is 1.46 bits per heavy atom. The Morgan fingerprint density at radius 2 is 2.15 bits per heavy atom. The van der Waals surface area contributed by atoms with Crippen LogP contribution in [0.1, 0.15) is 30.7 Å². The molecule has 1 aromatic heterocycles. The van der Waals surface area contributed by atoms with Crippen molar-refractivity contribution in [2.75, 3.05) is 0 Å². The van der Waals surface area contributed by atoms with Crippen molar-refractivity contribution in [3.05, 3.63) is 24.3 Å². The zero-order valence-electron chi connectivity index (χ0n) is 7.35. The Bertz CT molecular complexity index is 311. The summed E-state index contributed by atoms with van der Waals surface area (Å²) in [5, 5.41) is 8.95. The van der Waals surface area contributed by atoms with E-state index in [9.17, 15) is 0 Å². The molecule has 1 saturated carbocycles. The predicted octanol–water partition coefficient (Wildman–Crippen LogP) is 1.88. The van der Waals surface area contributed by atoms with Crippen molar-refractivity contribution in [2.24, 2.45) is 5.92 Å². The first-order valence-electron chi connectivity index (χ1n) is 4.54. The number of aromatic nitrogens is 2. The lowest BCUT2D eigenvalue weighted by Gasteiger charge is -2.05. The van der Waals surface area contributed by atoms with Crippen molar-refractivity contribution >= 4 is 0 Å². The molecule has 1 fully saturated rings. The SMILES string of the molecule is N#C[C@H](CC1CC1)c1cncnc1. The van der Waals surface area contributed by atoms with Crippen LogP contribution >= 0.6 is 0 Å². The first-order valence-corrected chi connectivity index (χ1v) is 4.54. The Kier molecular flexibility index (Phi) is 2.22. The average molecular weight is 173 g/mol. The molecule has 0 aromatic carbocycles. The Hall–Kier alpha value is -1.43. The molecule has 0 spiro atoms. The van der Waals surface area contributed by atoms with Gasteiger partial charge in [-0.25, -0.2) is 9.97 Å². The van der Waals surface area contributed by atoms with Crippen LogP contribution in [0.4, 0.5) is 0 Å². The smallest absolute Gasteiger partial charge is 0.115 e. The van der Waals surface area contributed by atoms with E-state index in [4.69, 9.17) is 5.26 Å². The van der Waals surface area contributed by atoms with Crippen LogP contribution in [0.25, 0.3) is 0 Å². The van der Waals surface area contributed by atoms with Crippen molar-refractivity contribution in [3.8, 4) is 6.07 Å². The summed E-state index contributed by atoms with van der Waals surface area (Å²) >= 11 is 0. The third kappa shape index (κ3) is 2.03. The van der Waals surface area contributed by atoms with Gasteiger partial charge in [-0.05, 0) is 12.3 Å². The van der Waals surface area contributed by atoms with E-state index < -0.39 is 0 Å². The van der Waals surface area contributed by atoms with Gasteiger partial charge in [0.2, 0.25) is 0 Å². The van der Waals surface area contributed by atoms with Gasteiger partial charge >= 0.3 is 0 Å². The quantitative estimate of drug-likeness (QED) is 0.701. The largest absolute Gasteiger partial charge is 0.244 e. The van der Waals surface area contributed by atoms with Crippen molar-refractivity contribution < 1.29 is 0 Å². The van der Waals surface area contributed by atoms with Crippen molar-refractivity contribution in [2.45, 2.75) is 25.2 Å². The third-order valence-electron chi connectivity index (χ3n) is 2.40.